The van der Waals surface area contributed by atoms with Gasteiger partial charge in [-0.05, 0) is 54.9 Å². The van der Waals surface area contributed by atoms with Crippen molar-refractivity contribution in [3.63, 3.8) is 0 Å². The molecule has 0 fully saturated rings. The molecular formula is C28H33Cl3FN4O10PS2. The fraction of sp³-hybridized carbons (Fsp3) is 0.393. The zero-order valence-corrected chi connectivity index (χ0v) is 31.0. The molecule has 3 aromatic rings. The molecule has 2 atom stereocenters. The Morgan fingerprint density at radius 3 is 2.24 bits per heavy atom. The van der Waals surface area contributed by atoms with Crippen molar-refractivity contribution in [3.05, 3.63) is 65.2 Å². The molecule has 0 saturated heterocycles. The Morgan fingerprint density at radius 1 is 1.10 bits per heavy atom. The van der Waals surface area contributed by atoms with Gasteiger partial charge in [0.2, 0.25) is 4.80 Å². The Hall–Kier alpha value is -2.89. The largest absolute Gasteiger partial charge is 0.494 e. The molecule has 1 aliphatic heterocycles. The number of thioether (sulfide) groups is 1. The molecule has 1 aromatic heterocycles. The zero-order chi connectivity index (χ0) is 37.1. The Kier molecular flexibility index (Phi) is 16.8. The molecule has 0 bridgehead atoms. The number of nitrogens with zero attached hydrogens (tertiary/aromatic N) is 3. The van der Waals surface area contributed by atoms with Crippen LogP contribution in [0.15, 0.2) is 38.9 Å². The molecule has 2 aromatic carbocycles. The maximum Gasteiger partial charge on any atom is 0.341 e. The first-order valence-corrected chi connectivity index (χ1v) is 19.2. The van der Waals surface area contributed by atoms with Crippen LogP contribution in [0.5, 0.6) is 5.75 Å². The first-order chi connectivity index (χ1) is 22.9. The minimum absolute atomic E-state index is 0.0412. The second kappa shape index (κ2) is 19.5. The number of carboxylic acid groups (broad SMARTS) is 2. The van der Waals surface area contributed by atoms with E-state index in [0.717, 1.165) is 42.0 Å². The minimum atomic E-state index is -3.10. The number of hydrogen-bond acceptors (Lipinski definition) is 11. The van der Waals surface area contributed by atoms with Gasteiger partial charge >= 0.3 is 22.8 Å². The Morgan fingerprint density at radius 2 is 1.71 bits per heavy atom. The molecule has 1 aliphatic rings. The van der Waals surface area contributed by atoms with E-state index in [9.17, 15) is 28.1 Å². The number of carbonyl (C=O) groups excluding carboxylic acids is 1. The van der Waals surface area contributed by atoms with E-state index in [4.69, 9.17) is 60.4 Å². The number of methoxy groups -OCH3 is 2. The molecule has 4 rings (SSSR count). The number of carbonyl (C=O) groups is 3. The molecule has 49 heavy (non-hydrogen) atoms. The molecule has 0 amide bonds. The first-order valence-electron chi connectivity index (χ1n) is 14.0. The van der Waals surface area contributed by atoms with Gasteiger partial charge in [-0.25, -0.2) is 18.9 Å². The van der Waals surface area contributed by atoms with E-state index in [1.807, 2.05) is 0 Å². The normalized spacial score (nSPS) is 14.2. The van der Waals surface area contributed by atoms with Crippen LogP contribution >= 0.6 is 65.3 Å². The van der Waals surface area contributed by atoms with Crippen molar-refractivity contribution in [1.29, 1.82) is 0 Å². The van der Waals surface area contributed by atoms with Crippen LogP contribution in [0.4, 0.5) is 10.1 Å². The highest BCUT2D eigenvalue weighted by atomic mass is 35.5. The average molecular weight is 806 g/mol. The summed E-state index contributed by atoms with van der Waals surface area (Å²) in [6.07, 6.45) is 1.90. The van der Waals surface area contributed by atoms with Crippen molar-refractivity contribution in [1.82, 2.24) is 9.36 Å². The molecule has 14 nitrogen and oxygen atoms in total. The molecule has 21 heteroatoms. The van der Waals surface area contributed by atoms with Crippen LogP contribution in [-0.2, 0) is 32.0 Å². The van der Waals surface area contributed by atoms with Crippen LogP contribution in [-0.4, -0.2) is 81.2 Å². The number of ether oxygens (including phenoxy) is 2. The minimum Gasteiger partial charge on any atom is -0.494 e. The van der Waals surface area contributed by atoms with Gasteiger partial charge in [0.25, 0.3) is 0 Å². The van der Waals surface area contributed by atoms with Gasteiger partial charge < -0.3 is 30.3 Å². The summed E-state index contributed by atoms with van der Waals surface area (Å²) >= 11 is 19.5. The molecule has 5 N–H and O–H groups in total. The highest BCUT2D eigenvalue weighted by Crippen LogP contribution is 2.36. The lowest BCUT2D eigenvalue weighted by atomic mass is 10.2. The van der Waals surface area contributed by atoms with Crippen molar-refractivity contribution in [2.45, 2.75) is 43.3 Å². The lowest BCUT2D eigenvalue weighted by Gasteiger charge is -2.15. The third-order valence-corrected chi connectivity index (χ3v) is 10.4. The number of aromatic nitrogens is 2. The third-order valence-electron chi connectivity index (χ3n) is 6.33. The predicted molar refractivity (Wildman–Crippen MR) is 186 cm³/mol. The SMILES string of the molecule is COC(=O)CSc1cc(N=c2sc(=O)n3n2CCCC3)c(F)cc1Cl.COc1c(Cl)ccc(Cl)c1C(=O)O.CP(=O)(O)CCC(N)C(=O)O. The van der Waals surface area contributed by atoms with Gasteiger partial charge in [0.15, 0.2) is 13.1 Å². The van der Waals surface area contributed by atoms with Gasteiger partial charge in [-0.2, -0.15) is 0 Å². The van der Waals surface area contributed by atoms with E-state index in [2.05, 4.69) is 9.73 Å². The van der Waals surface area contributed by atoms with Crippen molar-refractivity contribution in [2.75, 3.05) is 32.8 Å². The van der Waals surface area contributed by atoms with E-state index in [1.54, 1.807) is 9.36 Å². The molecule has 0 spiro atoms. The van der Waals surface area contributed by atoms with Gasteiger partial charge in [0.05, 0.1) is 35.0 Å². The number of aromatic carboxylic acids is 1. The van der Waals surface area contributed by atoms with Crippen LogP contribution in [0.1, 0.15) is 29.6 Å². The van der Waals surface area contributed by atoms with E-state index >= 15 is 0 Å². The quantitative estimate of drug-likeness (QED) is 0.119. The lowest BCUT2D eigenvalue weighted by Crippen LogP contribution is -2.31. The first kappa shape index (κ1) is 42.3. The Bertz CT molecular complexity index is 1850. The van der Waals surface area contributed by atoms with Gasteiger partial charge in [-0.1, -0.05) is 34.8 Å². The Labute approximate surface area is 302 Å². The van der Waals surface area contributed by atoms with Crippen molar-refractivity contribution in [2.24, 2.45) is 10.7 Å². The molecule has 0 aliphatic carbocycles. The van der Waals surface area contributed by atoms with Crippen LogP contribution in [0.25, 0.3) is 0 Å². The molecular weight excluding hydrogens is 773 g/mol. The summed E-state index contributed by atoms with van der Waals surface area (Å²) in [5, 5.41) is 17.6. The highest BCUT2D eigenvalue weighted by molar-refractivity contribution is 8.00. The van der Waals surface area contributed by atoms with Gasteiger partial charge in [0, 0.05) is 30.8 Å². The van der Waals surface area contributed by atoms with Gasteiger partial charge in [-0.15, -0.1) is 11.8 Å². The average Bonchev–Trinajstić information content (AvgIpc) is 3.35. The number of benzene rings is 2. The van der Waals surface area contributed by atoms with E-state index in [-0.39, 0.29) is 55.3 Å². The zero-order valence-electron chi connectivity index (χ0n) is 26.2. The van der Waals surface area contributed by atoms with Crippen LogP contribution in [0, 0.1) is 5.82 Å². The van der Waals surface area contributed by atoms with Crippen LogP contribution in [0.3, 0.4) is 0 Å². The molecule has 2 heterocycles. The van der Waals surface area contributed by atoms with Crippen LogP contribution in [0.2, 0.25) is 15.1 Å². The summed E-state index contributed by atoms with van der Waals surface area (Å²) in [6, 6.07) is 4.51. The number of halogens is 4. The molecule has 0 saturated carbocycles. The summed E-state index contributed by atoms with van der Waals surface area (Å²) < 4.78 is 37.7. The van der Waals surface area contributed by atoms with Crippen molar-refractivity contribution < 1.29 is 47.9 Å². The number of aliphatic carboxylic acids is 1. The summed E-state index contributed by atoms with van der Waals surface area (Å²) in [5.74, 6) is -3.14. The number of nitrogens with two attached hydrogens (primary N) is 1. The van der Waals surface area contributed by atoms with E-state index in [0.29, 0.717) is 22.8 Å². The van der Waals surface area contributed by atoms with Gasteiger partial charge in [-0.3, -0.25) is 23.6 Å². The number of carboxylic acids is 2. The maximum absolute atomic E-state index is 14.3. The predicted octanol–water partition coefficient (Wildman–Crippen LogP) is 5.18. The smallest absolute Gasteiger partial charge is 0.341 e. The highest BCUT2D eigenvalue weighted by Gasteiger charge is 2.19. The van der Waals surface area contributed by atoms with Crippen molar-refractivity contribution in [3.8, 4) is 5.75 Å². The third kappa shape index (κ3) is 13.1. The molecule has 0 radical (unpaired) electrons. The number of rotatable bonds is 10. The molecule has 270 valence electrons. The van der Waals surface area contributed by atoms with Gasteiger partial charge in [0.1, 0.15) is 23.1 Å². The number of esters is 1. The summed E-state index contributed by atoms with van der Waals surface area (Å²) in [7, 11) is -0.468. The summed E-state index contributed by atoms with van der Waals surface area (Å²) in [4.78, 5) is 58.1. The summed E-state index contributed by atoms with van der Waals surface area (Å²) in [5.41, 5.74) is 5.06. The summed E-state index contributed by atoms with van der Waals surface area (Å²) in [6.45, 7) is 2.51. The van der Waals surface area contributed by atoms with Crippen molar-refractivity contribution >= 4 is 88.9 Å². The van der Waals surface area contributed by atoms with Crippen LogP contribution < -0.4 is 20.1 Å². The number of hydrogen-bond donors (Lipinski definition) is 4. The fourth-order valence-electron chi connectivity index (χ4n) is 3.86. The monoisotopic (exact) mass is 804 g/mol. The maximum atomic E-state index is 14.3. The fourth-order valence-corrected chi connectivity index (χ4v) is 7.07. The van der Waals surface area contributed by atoms with E-state index in [1.165, 1.54) is 39.1 Å². The topological polar surface area (TPSA) is 213 Å². The Balaban J connectivity index is 0.000000292. The van der Waals surface area contributed by atoms with E-state index < -0.39 is 37.1 Å². The second-order valence-corrected chi connectivity index (χ2v) is 15.8. The standard InChI is InChI=1S/C15H15ClFN3O3S2.C8H6Cl2O3.C5H12NO4P/c1-23-13(21)8-24-12-7-11(10(17)6-9(12)16)18-14-19-4-2-3-5-20(19)15(22)25-14;1-13-7-5(10)3-2-4(9)6(7)8(11)12;1-11(9,10)3-2-4(6)5(7)8/h6-7H,2-5,8H2,1H3;2-3H,1H3,(H,11,12);4H,2-3,6H2,1H3,(H,7,8)(H,9,10). The molecule has 2 unspecified atom stereocenters. The number of fused-ring (bicyclic) bond motifs is 1. The lowest BCUT2D eigenvalue weighted by molar-refractivity contribution is -0.139. The second-order valence-electron chi connectivity index (χ2n) is 10.1.